The molecular weight excluding hydrogens is 290 g/mol. The van der Waals surface area contributed by atoms with Gasteiger partial charge in [0.2, 0.25) is 0 Å². The van der Waals surface area contributed by atoms with E-state index in [0.29, 0.717) is 11.8 Å². The lowest BCUT2D eigenvalue weighted by Crippen LogP contribution is -2.26. The largest absolute Gasteiger partial charge is 0.461 e. The highest BCUT2D eigenvalue weighted by Crippen LogP contribution is 2.34. The van der Waals surface area contributed by atoms with Crippen LogP contribution < -0.4 is 5.73 Å². The number of alkyl halides is 3. The number of furan rings is 1. The van der Waals surface area contributed by atoms with Gasteiger partial charge in [0.05, 0.1) is 12.2 Å². The molecule has 0 amide bonds. The van der Waals surface area contributed by atoms with Gasteiger partial charge in [-0.25, -0.2) is 4.39 Å². The molecule has 0 fully saturated rings. The van der Waals surface area contributed by atoms with Crippen molar-refractivity contribution in [3.63, 3.8) is 0 Å². The van der Waals surface area contributed by atoms with Crippen LogP contribution in [0.2, 0.25) is 0 Å². The second-order valence-corrected chi connectivity index (χ2v) is 4.61. The van der Waals surface area contributed by atoms with Crippen LogP contribution in [0.3, 0.4) is 0 Å². The second kappa shape index (κ2) is 5.87. The molecule has 1 aromatic heterocycles. The Hall–Kier alpha value is -1.86. The molecule has 1 atom stereocenters. The van der Waals surface area contributed by atoms with Gasteiger partial charge in [-0.2, -0.15) is 13.2 Å². The minimum atomic E-state index is -4.77. The number of benzene rings is 1. The van der Waals surface area contributed by atoms with Crippen molar-refractivity contribution in [3.8, 4) is 11.3 Å². The summed E-state index contributed by atoms with van der Waals surface area (Å²) in [4.78, 5) is 0. The zero-order chi connectivity index (χ0) is 15.6. The van der Waals surface area contributed by atoms with E-state index in [4.69, 9.17) is 15.3 Å². The minimum Gasteiger partial charge on any atom is -0.461 e. The topological polar surface area (TPSA) is 59.4 Å². The number of aliphatic hydroxyl groups excluding tert-OH is 1. The molecule has 2 rings (SSSR count). The van der Waals surface area contributed by atoms with Gasteiger partial charge in [0.25, 0.3) is 0 Å². The maximum absolute atomic E-state index is 13.2. The average molecular weight is 303 g/mol. The van der Waals surface area contributed by atoms with Crippen molar-refractivity contribution in [1.82, 2.24) is 0 Å². The molecule has 0 aliphatic rings. The van der Waals surface area contributed by atoms with Gasteiger partial charge >= 0.3 is 6.18 Å². The molecule has 7 heteroatoms. The fourth-order valence-electron chi connectivity index (χ4n) is 1.86. The highest BCUT2D eigenvalue weighted by Gasteiger charge is 2.34. The minimum absolute atomic E-state index is 0.118. The van der Waals surface area contributed by atoms with Gasteiger partial charge in [-0.3, -0.25) is 0 Å². The molecule has 114 valence electrons. The Morgan fingerprint density at radius 3 is 2.52 bits per heavy atom. The van der Waals surface area contributed by atoms with Crippen molar-refractivity contribution >= 4 is 0 Å². The van der Waals surface area contributed by atoms with Crippen LogP contribution in [0.25, 0.3) is 11.3 Å². The molecule has 1 aromatic carbocycles. The molecule has 1 unspecified atom stereocenters. The standard InChI is InChI=1S/C14H13F4NO2/c15-12-3-1-8(5-11(12)14(16,17)18)13-4-2-10(21-13)6-9(19)7-20/h1-5,9,20H,6-7,19H2. The molecule has 0 aliphatic carbocycles. The van der Waals surface area contributed by atoms with Crippen molar-refractivity contribution in [2.24, 2.45) is 5.73 Å². The summed E-state index contributed by atoms with van der Waals surface area (Å²) in [5.74, 6) is -0.717. The maximum Gasteiger partial charge on any atom is 0.419 e. The van der Waals surface area contributed by atoms with Crippen molar-refractivity contribution in [1.29, 1.82) is 0 Å². The van der Waals surface area contributed by atoms with E-state index >= 15 is 0 Å². The summed E-state index contributed by atoms with van der Waals surface area (Å²) in [6.45, 7) is -0.231. The van der Waals surface area contributed by atoms with Gasteiger partial charge in [0.15, 0.2) is 0 Å². The van der Waals surface area contributed by atoms with Gasteiger partial charge in [-0.05, 0) is 30.3 Å². The smallest absolute Gasteiger partial charge is 0.419 e. The lowest BCUT2D eigenvalue weighted by molar-refractivity contribution is -0.139. The molecule has 0 saturated carbocycles. The van der Waals surface area contributed by atoms with Crippen LogP contribution in [0.4, 0.5) is 17.6 Å². The third-order valence-electron chi connectivity index (χ3n) is 2.92. The van der Waals surface area contributed by atoms with E-state index < -0.39 is 23.6 Å². The third-order valence-corrected chi connectivity index (χ3v) is 2.92. The molecule has 0 saturated heterocycles. The lowest BCUT2D eigenvalue weighted by Gasteiger charge is -2.09. The molecule has 2 aromatic rings. The van der Waals surface area contributed by atoms with Crippen LogP contribution >= 0.6 is 0 Å². The van der Waals surface area contributed by atoms with Crippen LogP contribution in [-0.4, -0.2) is 17.8 Å². The van der Waals surface area contributed by atoms with Crippen LogP contribution in [0.15, 0.2) is 34.7 Å². The summed E-state index contributed by atoms with van der Waals surface area (Å²) in [5, 5.41) is 8.84. The van der Waals surface area contributed by atoms with Gasteiger partial charge in [0.1, 0.15) is 17.3 Å². The second-order valence-electron chi connectivity index (χ2n) is 4.61. The zero-order valence-electron chi connectivity index (χ0n) is 10.8. The Balaban J connectivity index is 2.31. The monoisotopic (exact) mass is 303 g/mol. The summed E-state index contributed by atoms with van der Waals surface area (Å²) in [6.07, 6.45) is -4.52. The van der Waals surface area contributed by atoms with Crippen LogP contribution in [0.1, 0.15) is 11.3 Å². The van der Waals surface area contributed by atoms with Crippen LogP contribution in [0.5, 0.6) is 0 Å². The molecule has 0 radical (unpaired) electrons. The summed E-state index contributed by atoms with van der Waals surface area (Å²) in [6, 6.07) is 5.18. The first-order valence-corrected chi connectivity index (χ1v) is 6.13. The van der Waals surface area contributed by atoms with E-state index in [1.165, 1.54) is 12.1 Å². The Morgan fingerprint density at radius 2 is 1.90 bits per heavy atom. The summed E-state index contributed by atoms with van der Waals surface area (Å²) in [5.41, 5.74) is 4.32. The molecule has 3 N–H and O–H groups in total. The van der Waals surface area contributed by atoms with Crippen molar-refractivity contribution in [2.45, 2.75) is 18.6 Å². The number of halogens is 4. The van der Waals surface area contributed by atoms with E-state index in [1.807, 2.05) is 0 Å². The predicted octanol–water partition coefficient (Wildman–Crippen LogP) is 2.97. The maximum atomic E-state index is 13.2. The van der Waals surface area contributed by atoms with Gasteiger partial charge in [0, 0.05) is 18.0 Å². The molecule has 0 aliphatic heterocycles. The number of aliphatic hydroxyl groups is 1. The third kappa shape index (κ3) is 3.62. The van der Waals surface area contributed by atoms with Gasteiger partial charge in [-0.1, -0.05) is 0 Å². The lowest BCUT2D eigenvalue weighted by atomic mass is 10.1. The van der Waals surface area contributed by atoms with E-state index in [-0.39, 0.29) is 24.4 Å². The Bertz CT molecular complexity index is 622. The van der Waals surface area contributed by atoms with Crippen molar-refractivity contribution < 1.29 is 27.1 Å². The number of hydrogen-bond acceptors (Lipinski definition) is 3. The van der Waals surface area contributed by atoms with Crippen LogP contribution in [0, 0.1) is 5.82 Å². The fourth-order valence-corrected chi connectivity index (χ4v) is 1.86. The van der Waals surface area contributed by atoms with E-state index in [9.17, 15) is 17.6 Å². The van der Waals surface area contributed by atoms with Crippen molar-refractivity contribution in [3.05, 3.63) is 47.5 Å². The summed E-state index contributed by atoms with van der Waals surface area (Å²) < 4.78 is 56.5. The van der Waals surface area contributed by atoms with Gasteiger partial charge < -0.3 is 15.3 Å². The summed E-state index contributed by atoms with van der Waals surface area (Å²) in [7, 11) is 0. The SMILES string of the molecule is NC(CO)Cc1ccc(-c2ccc(F)c(C(F)(F)F)c2)o1. The first-order valence-electron chi connectivity index (χ1n) is 6.13. The number of nitrogens with two attached hydrogens (primary N) is 1. The number of rotatable bonds is 4. The number of hydrogen-bond donors (Lipinski definition) is 2. The average Bonchev–Trinajstić information content (AvgIpc) is 2.86. The highest BCUT2D eigenvalue weighted by atomic mass is 19.4. The molecule has 3 nitrogen and oxygen atoms in total. The van der Waals surface area contributed by atoms with E-state index in [1.54, 1.807) is 6.07 Å². The molecule has 0 spiro atoms. The fraction of sp³-hybridized carbons (Fsp3) is 0.286. The predicted molar refractivity (Wildman–Crippen MR) is 67.9 cm³/mol. The Labute approximate surface area is 118 Å². The quantitative estimate of drug-likeness (QED) is 0.854. The van der Waals surface area contributed by atoms with E-state index in [0.717, 1.165) is 6.07 Å². The summed E-state index contributed by atoms with van der Waals surface area (Å²) >= 11 is 0. The Morgan fingerprint density at radius 1 is 1.19 bits per heavy atom. The molecular formula is C14H13F4NO2. The zero-order valence-corrected chi connectivity index (χ0v) is 10.8. The molecule has 21 heavy (non-hydrogen) atoms. The van der Waals surface area contributed by atoms with E-state index in [2.05, 4.69) is 0 Å². The van der Waals surface area contributed by atoms with Gasteiger partial charge in [-0.15, -0.1) is 0 Å². The van der Waals surface area contributed by atoms with Crippen LogP contribution in [-0.2, 0) is 12.6 Å². The first kappa shape index (κ1) is 15.5. The molecule has 1 heterocycles. The molecule has 0 bridgehead atoms. The first-order chi connectivity index (χ1) is 9.81. The Kier molecular flexibility index (Phi) is 4.34. The highest BCUT2D eigenvalue weighted by molar-refractivity contribution is 5.59. The van der Waals surface area contributed by atoms with Crippen molar-refractivity contribution in [2.75, 3.05) is 6.61 Å². The normalized spacial score (nSPS) is 13.4.